The summed E-state index contributed by atoms with van der Waals surface area (Å²) in [5, 5.41) is 14.8. The Morgan fingerprint density at radius 1 is 0.544 bits per heavy atom. The van der Waals surface area contributed by atoms with Crippen LogP contribution in [0.25, 0.3) is 0 Å². The van der Waals surface area contributed by atoms with Crippen LogP contribution in [0, 0.1) is 29.6 Å². The lowest BCUT2D eigenvalue weighted by molar-refractivity contribution is -0.175. The average molecular weight is 988 g/mol. The zero-order valence-corrected chi connectivity index (χ0v) is 40.4. The van der Waals surface area contributed by atoms with E-state index in [0.717, 1.165) is 38.5 Å². The molecule has 0 saturated heterocycles. The smallest absolute Gasteiger partial charge is 0.444 e. The number of alkyl carbamates (subject to hydrolysis) is 3. The van der Waals surface area contributed by atoms with Crippen molar-refractivity contribution in [2.45, 2.75) is 174 Å². The van der Waals surface area contributed by atoms with Crippen molar-refractivity contribution in [3.8, 4) is 0 Å². The van der Waals surface area contributed by atoms with Crippen molar-refractivity contribution in [2.75, 3.05) is 19.6 Å². The van der Waals surface area contributed by atoms with Gasteiger partial charge in [-0.15, -0.1) is 10.2 Å². The number of hydrazine groups is 2. The van der Waals surface area contributed by atoms with E-state index in [0.29, 0.717) is 64.1 Å². The van der Waals surface area contributed by atoms with Gasteiger partial charge in [0.25, 0.3) is 0 Å². The predicted molar refractivity (Wildman–Crippen MR) is 232 cm³/mol. The SMILES string of the molecule is CC(C)(C)OC(=O)NCC1CCC(C(=O)NN)CC1.CC(C)(C)OC(=O)NCC1CCC(C(=O)NNC(=O)C(F)(F)F)CC1.CC(C)(C)OC(=O)NCC1CCC(c2nnc(C(F)(F)F)o2)CC1. The standard InChI is InChI=1S/C15H24F3N3O4.C15H22F3N3O3.C13H25N3O3/c1-14(2,3)25-13(24)19-8-9-4-6-10(7-5-9)11(22)20-21-12(23)15(16,17)18;1-14(2,3)24-13(22)19-8-9-4-6-10(7-5-9)11-20-21-12(23-11)15(16,17)18;1-13(2,3)19-12(18)15-8-9-4-6-10(7-5-9)11(17)16-14/h9-10H,4-8H2,1-3H3,(H,19,24)(H,20,22)(H,21,23);9-10H,4-8H2,1-3H3,(H,19,22);9-10H,4-8,14H2,1-3H3,(H,15,18)(H,16,17). The monoisotopic (exact) mass is 988 g/mol. The number of ether oxygens (including phenoxy) is 3. The zero-order valence-electron chi connectivity index (χ0n) is 40.4. The second kappa shape index (κ2) is 26.0. The lowest BCUT2D eigenvalue weighted by Gasteiger charge is -2.28. The number of nitrogens with two attached hydrogens (primary N) is 1. The van der Waals surface area contributed by atoms with Crippen LogP contribution in [-0.4, -0.2) is 88.8 Å². The molecular formula is C43H71F6N9O10. The molecule has 1 aromatic rings. The van der Waals surface area contributed by atoms with Gasteiger partial charge in [-0.2, -0.15) is 26.3 Å². The van der Waals surface area contributed by atoms with Crippen molar-refractivity contribution < 1.29 is 73.7 Å². The first-order valence-electron chi connectivity index (χ1n) is 22.7. The van der Waals surface area contributed by atoms with Crippen LogP contribution in [0.2, 0.25) is 0 Å². The number of aromatic nitrogens is 2. The Morgan fingerprint density at radius 3 is 1.21 bits per heavy atom. The van der Waals surface area contributed by atoms with Gasteiger partial charge in [0.2, 0.25) is 17.7 Å². The zero-order chi connectivity index (χ0) is 51.7. The summed E-state index contributed by atoms with van der Waals surface area (Å²) in [5.74, 6) is 1.16. The number of alkyl halides is 6. The molecule has 1 aromatic heterocycles. The van der Waals surface area contributed by atoms with E-state index in [1.165, 1.54) is 5.43 Å². The molecule has 0 radical (unpaired) electrons. The Balaban J connectivity index is 0.000000354. The van der Waals surface area contributed by atoms with Gasteiger partial charge in [0.05, 0.1) is 0 Å². The Bertz CT molecular complexity index is 1770. The number of halogens is 6. The minimum Gasteiger partial charge on any atom is -0.444 e. The predicted octanol–water partition coefficient (Wildman–Crippen LogP) is 7.22. The van der Waals surface area contributed by atoms with Crippen LogP contribution in [-0.2, 0) is 34.8 Å². The average Bonchev–Trinajstić information content (AvgIpc) is 3.74. The number of rotatable bonds is 9. The molecule has 1 heterocycles. The summed E-state index contributed by atoms with van der Waals surface area (Å²) in [4.78, 5) is 68.5. The van der Waals surface area contributed by atoms with E-state index in [1.807, 2.05) is 20.8 Å². The Kier molecular flexibility index (Phi) is 22.6. The van der Waals surface area contributed by atoms with Gasteiger partial charge in [0.15, 0.2) is 0 Å². The highest BCUT2D eigenvalue weighted by Crippen LogP contribution is 2.37. The maximum absolute atomic E-state index is 12.5. The topological polar surface area (TPSA) is 267 Å². The van der Waals surface area contributed by atoms with Gasteiger partial charge in [-0.3, -0.25) is 30.7 Å². The maximum atomic E-state index is 12.5. The molecule has 390 valence electrons. The first-order chi connectivity index (χ1) is 31.2. The van der Waals surface area contributed by atoms with Crippen LogP contribution in [0.15, 0.2) is 4.42 Å². The fraction of sp³-hybridized carbons (Fsp3) is 0.814. The van der Waals surface area contributed by atoms with E-state index in [9.17, 15) is 55.1 Å². The Labute approximate surface area is 392 Å². The number of hydrogen-bond donors (Lipinski definition) is 7. The summed E-state index contributed by atoms with van der Waals surface area (Å²) in [5.41, 5.74) is 3.75. The van der Waals surface area contributed by atoms with Crippen molar-refractivity contribution in [2.24, 2.45) is 35.4 Å². The Morgan fingerprint density at radius 2 is 0.897 bits per heavy atom. The first kappa shape index (κ1) is 59.0. The summed E-state index contributed by atoms with van der Waals surface area (Å²) >= 11 is 0. The van der Waals surface area contributed by atoms with Crippen LogP contribution >= 0.6 is 0 Å². The Hall–Kier alpha value is -5.10. The quantitative estimate of drug-likeness (QED) is 0.0424. The molecule has 0 bridgehead atoms. The van der Waals surface area contributed by atoms with E-state index in [1.54, 1.807) is 47.0 Å². The third-order valence-corrected chi connectivity index (χ3v) is 10.8. The molecule has 4 rings (SSSR count). The lowest BCUT2D eigenvalue weighted by Crippen LogP contribution is -2.50. The molecule has 8 N–H and O–H groups in total. The van der Waals surface area contributed by atoms with Gasteiger partial charge in [-0.1, -0.05) is 0 Å². The molecule has 19 nitrogen and oxygen atoms in total. The van der Waals surface area contributed by atoms with Gasteiger partial charge in [-0.25, -0.2) is 20.2 Å². The van der Waals surface area contributed by atoms with Crippen LogP contribution in [0.5, 0.6) is 0 Å². The third-order valence-electron chi connectivity index (χ3n) is 10.8. The molecule has 3 fully saturated rings. The van der Waals surface area contributed by atoms with Crippen LogP contribution in [0.3, 0.4) is 0 Å². The van der Waals surface area contributed by atoms with Gasteiger partial charge in [-0.05, 0) is 157 Å². The van der Waals surface area contributed by atoms with Gasteiger partial charge >= 0.3 is 42.4 Å². The molecule has 0 atom stereocenters. The molecule has 6 amide bonds. The second-order valence-corrected chi connectivity index (χ2v) is 20.2. The van der Waals surface area contributed by atoms with Crippen molar-refractivity contribution in [1.82, 2.24) is 42.4 Å². The van der Waals surface area contributed by atoms with Crippen molar-refractivity contribution in [1.29, 1.82) is 0 Å². The molecule has 0 aliphatic heterocycles. The largest absolute Gasteiger partial charge is 0.472 e. The van der Waals surface area contributed by atoms with Gasteiger partial charge in [0, 0.05) is 37.4 Å². The number of amides is 6. The lowest BCUT2D eigenvalue weighted by atomic mass is 9.81. The molecule has 3 aliphatic rings. The molecular weight excluding hydrogens is 917 g/mol. The fourth-order valence-corrected chi connectivity index (χ4v) is 7.42. The molecule has 0 aromatic carbocycles. The van der Waals surface area contributed by atoms with E-state index in [2.05, 4.69) is 31.6 Å². The first-order valence-corrected chi connectivity index (χ1v) is 22.7. The summed E-state index contributed by atoms with van der Waals surface area (Å²) in [6.07, 6.45) is -2.46. The molecule has 68 heavy (non-hydrogen) atoms. The van der Waals surface area contributed by atoms with Crippen molar-refractivity contribution >= 4 is 36.0 Å². The molecule has 0 spiro atoms. The molecule has 3 saturated carbocycles. The number of carbonyl (C=O) groups excluding carboxylic acids is 6. The summed E-state index contributed by atoms with van der Waals surface area (Å²) < 4.78 is 93.7. The minimum absolute atomic E-state index is 0.0165. The maximum Gasteiger partial charge on any atom is 0.472 e. The van der Waals surface area contributed by atoms with Crippen molar-refractivity contribution in [3.63, 3.8) is 0 Å². The number of carbonyl (C=O) groups is 6. The highest BCUT2D eigenvalue weighted by atomic mass is 19.4. The number of nitrogens with zero attached hydrogens (tertiary/aromatic N) is 2. The normalized spacial score (nSPS) is 22.2. The van der Waals surface area contributed by atoms with Gasteiger partial charge < -0.3 is 34.6 Å². The number of nitrogens with one attached hydrogen (secondary N) is 6. The molecule has 0 unspecified atom stereocenters. The van der Waals surface area contributed by atoms with E-state index >= 15 is 0 Å². The highest BCUT2D eigenvalue weighted by Gasteiger charge is 2.40. The van der Waals surface area contributed by atoms with Crippen LogP contribution in [0.1, 0.15) is 157 Å². The highest BCUT2D eigenvalue weighted by molar-refractivity contribution is 5.86. The van der Waals surface area contributed by atoms with Gasteiger partial charge in [0.1, 0.15) is 16.8 Å². The van der Waals surface area contributed by atoms with Crippen molar-refractivity contribution in [3.05, 3.63) is 11.8 Å². The fourth-order valence-electron chi connectivity index (χ4n) is 7.42. The molecule has 3 aliphatic carbocycles. The summed E-state index contributed by atoms with van der Waals surface area (Å²) in [7, 11) is 0. The minimum atomic E-state index is -5.04. The van der Waals surface area contributed by atoms with Crippen LogP contribution in [0.4, 0.5) is 40.7 Å². The third kappa shape index (κ3) is 24.3. The van der Waals surface area contributed by atoms with E-state index < -0.39 is 65.0 Å². The van der Waals surface area contributed by atoms with E-state index in [4.69, 9.17) is 24.5 Å². The van der Waals surface area contributed by atoms with Crippen LogP contribution < -0.4 is 38.1 Å². The molecule has 25 heteroatoms. The number of hydrogen-bond acceptors (Lipinski definition) is 13. The second-order valence-electron chi connectivity index (χ2n) is 20.2. The summed E-state index contributed by atoms with van der Waals surface area (Å²) in [6, 6.07) is 0. The van der Waals surface area contributed by atoms with E-state index in [-0.39, 0.29) is 41.6 Å². The summed E-state index contributed by atoms with van der Waals surface area (Å²) in [6.45, 7) is 17.6.